The maximum Gasteiger partial charge on any atom is 0.274 e. The summed E-state index contributed by atoms with van der Waals surface area (Å²) in [5.74, 6) is -0.357. The summed E-state index contributed by atoms with van der Waals surface area (Å²) in [5, 5.41) is 2.89. The molecule has 15 heavy (non-hydrogen) atoms. The Morgan fingerprint density at radius 3 is 2.60 bits per heavy atom. The average Bonchev–Trinajstić information content (AvgIpc) is 2.46. The van der Waals surface area contributed by atoms with E-state index in [4.69, 9.17) is 0 Å². The van der Waals surface area contributed by atoms with Gasteiger partial charge in [0.1, 0.15) is 5.82 Å². The SMILES string of the molecule is Cc1[nH]n(-c2cccc(F)c2)c(=O)c1C. The normalized spacial score (nSPS) is 10.6. The molecule has 78 valence electrons. The standard InChI is InChI=1S/C11H11FN2O/c1-7-8(2)13-14(11(7)15)10-5-3-4-9(12)6-10/h3-6,13H,1-2H3. The predicted octanol–water partition coefficient (Wildman–Crippen LogP) is 1.92. The smallest absolute Gasteiger partial charge is 0.274 e. The number of aryl methyl sites for hydroxylation is 1. The molecule has 0 atom stereocenters. The van der Waals surface area contributed by atoms with E-state index in [1.165, 1.54) is 16.8 Å². The molecule has 2 rings (SSSR count). The molecule has 0 saturated carbocycles. The van der Waals surface area contributed by atoms with Crippen LogP contribution in [0.2, 0.25) is 0 Å². The van der Waals surface area contributed by atoms with Gasteiger partial charge >= 0.3 is 0 Å². The Kier molecular flexibility index (Phi) is 2.19. The third kappa shape index (κ3) is 1.58. The van der Waals surface area contributed by atoms with E-state index in [1.54, 1.807) is 19.1 Å². The van der Waals surface area contributed by atoms with Crippen LogP contribution in [0.4, 0.5) is 4.39 Å². The first-order valence-corrected chi connectivity index (χ1v) is 4.64. The highest BCUT2D eigenvalue weighted by molar-refractivity contribution is 5.32. The Morgan fingerprint density at radius 2 is 2.07 bits per heavy atom. The van der Waals surface area contributed by atoms with Crippen molar-refractivity contribution in [3.8, 4) is 5.69 Å². The van der Waals surface area contributed by atoms with Crippen LogP contribution in [-0.4, -0.2) is 9.78 Å². The van der Waals surface area contributed by atoms with Gasteiger partial charge in [-0.2, -0.15) is 0 Å². The van der Waals surface area contributed by atoms with Crippen LogP contribution in [0.25, 0.3) is 5.69 Å². The fourth-order valence-corrected chi connectivity index (χ4v) is 1.43. The van der Waals surface area contributed by atoms with Crippen molar-refractivity contribution in [2.24, 2.45) is 0 Å². The minimum atomic E-state index is -0.357. The Bertz CT molecular complexity index is 554. The fraction of sp³-hybridized carbons (Fsp3) is 0.182. The first kappa shape index (κ1) is 9.71. The van der Waals surface area contributed by atoms with Gasteiger partial charge in [-0.05, 0) is 32.0 Å². The molecule has 0 amide bonds. The van der Waals surface area contributed by atoms with Crippen molar-refractivity contribution >= 4 is 0 Å². The maximum atomic E-state index is 13.0. The third-order valence-electron chi connectivity index (χ3n) is 2.43. The number of benzene rings is 1. The molecule has 3 nitrogen and oxygen atoms in total. The largest absolute Gasteiger partial charge is 0.295 e. The fourth-order valence-electron chi connectivity index (χ4n) is 1.43. The summed E-state index contributed by atoms with van der Waals surface area (Å²) in [6, 6.07) is 5.91. The summed E-state index contributed by atoms with van der Waals surface area (Å²) in [4.78, 5) is 11.7. The molecule has 1 aromatic carbocycles. The Morgan fingerprint density at radius 1 is 1.33 bits per heavy atom. The van der Waals surface area contributed by atoms with Gasteiger partial charge in [0.05, 0.1) is 5.69 Å². The van der Waals surface area contributed by atoms with Crippen molar-refractivity contribution in [2.45, 2.75) is 13.8 Å². The van der Waals surface area contributed by atoms with E-state index in [0.29, 0.717) is 11.3 Å². The minimum Gasteiger partial charge on any atom is -0.295 e. The molecule has 0 aliphatic heterocycles. The quantitative estimate of drug-likeness (QED) is 0.760. The molecule has 4 heteroatoms. The highest BCUT2D eigenvalue weighted by atomic mass is 19.1. The number of hydrogen-bond acceptors (Lipinski definition) is 1. The average molecular weight is 206 g/mol. The number of nitrogens with zero attached hydrogens (tertiary/aromatic N) is 1. The Balaban J connectivity index is 2.64. The highest BCUT2D eigenvalue weighted by Gasteiger charge is 2.07. The van der Waals surface area contributed by atoms with E-state index < -0.39 is 0 Å². The first-order chi connectivity index (χ1) is 7.09. The number of H-pyrrole nitrogens is 1. The molecule has 1 aromatic heterocycles. The molecule has 0 saturated heterocycles. The lowest BCUT2D eigenvalue weighted by Crippen LogP contribution is -2.15. The van der Waals surface area contributed by atoms with Gasteiger partial charge in [0.2, 0.25) is 0 Å². The van der Waals surface area contributed by atoms with Gasteiger partial charge in [-0.1, -0.05) is 6.07 Å². The van der Waals surface area contributed by atoms with Crippen LogP contribution < -0.4 is 5.56 Å². The van der Waals surface area contributed by atoms with Crippen LogP contribution >= 0.6 is 0 Å². The molecule has 0 fully saturated rings. The Hall–Kier alpha value is -1.84. The zero-order valence-corrected chi connectivity index (χ0v) is 8.54. The van der Waals surface area contributed by atoms with E-state index in [-0.39, 0.29) is 11.4 Å². The van der Waals surface area contributed by atoms with E-state index >= 15 is 0 Å². The molecule has 0 radical (unpaired) electrons. The van der Waals surface area contributed by atoms with Gasteiger partial charge in [0, 0.05) is 11.3 Å². The summed E-state index contributed by atoms with van der Waals surface area (Å²) < 4.78 is 14.3. The van der Waals surface area contributed by atoms with Gasteiger partial charge < -0.3 is 0 Å². The number of halogens is 1. The van der Waals surface area contributed by atoms with Crippen LogP contribution in [0.15, 0.2) is 29.1 Å². The predicted molar refractivity (Wildman–Crippen MR) is 55.8 cm³/mol. The van der Waals surface area contributed by atoms with Crippen molar-refractivity contribution in [1.82, 2.24) is 9.78 Å². The second-order valence-electron chi connectivity index (χ2n) is 3.48. The summed E-state index contributed by atoms with van der Waals surface area (Å²) in [7, 11) is 0. The Labute approximate surface area is 86.2 Å². The molecular formula is C11H11FN2O. The number of hydrogen-bond donors (Lipinski definition) is 1. The molecule has 0 spiro atoms. The lowest BCUT2D eigenvalue weighted by molar-refractivity contribution is 0.625. The molecule has 0 aliphatic carbocycles. The van der Waals surface area contributed by atoms with E-state index in [2.05, 4.69) is 5.10 Å². The minimum absolute atomic E-state index is 0.141. The molecule has 2 aromatic rings. The number of aromatic amines is 1. The second-order valence-corrected chi connectivity index (χ2v) is 3.48. The number of rotatable bonds is 1. The van der Waals surface area contributed by atoms with Crippen LogP contribution in [-0.2, 0) is 0 Å². The van der Waals surface area contributed by atoms with Crippen LogP contribution in [0.1, 0.15) is 11.3 Å². The summed E-state index contributed by atoms with van der Waals surface area (Å²) in [6.45, 7) is 3.55. The molecule has 0 aliphatic rings. The lowest BCUT2D eigenvalue weighted by atomic mass is 10.3. The summed E-state index contributed by atoms with van der Waals surface area (Å²) in [5.41, 5.74) is 1.82. The molecule has 0 bridgehead atoms. The van der Waals surface area contributed by atoms with Crippen LogP contribution in [0, 0.1) is 19.7 Å². The summed E-state index contributed by atoms with van der Waals surface area (Å²) in [6.07, 6.45) is 0. The van der Waals surface area contributed by atoms with Gasteiger partial charge in [-0.15, -0.1) is 0 Å². The van der Waals surface area contributed by atoms with Crippen molar-refractivity contribution in [2.75, 3.05) is 0 Å². The van der Waals surface area contributed by atoms with E-state index in [1.807, 2.05) is 6.92 Å². The van der Waals surface area contributed by atoms with Crippen LogP contribution in [0.5, 0.6) is 0 Å². The number of nitrogens with one attached hydrogen (secondary N) is 1. The first-order valence-electron chi connectivity index (χ1n) is 4.64. The topological polar surface area (TPSA) is 37.8 Å². The maximum absolute atomic E-state index is 13.0. The third-order valence-corrected chi connectivity index (χ3v) is 2.43. The molecule has 1 N–H and O–H groups in total. The van der Waals surface area contributed by atoms with Gasteiger partial charge in [-0.3, -0.25) is 9.89 Å². The van der Waals surface area contributed by atoms with Crippen molar-refractivity contribution in [3.63, 3.8) is 0 Å². The summed E-state index contributed by atoms with van der Waals surface area (Å²) >= 11 is 0. The van der Waals surface area contributed by atoms with Gasteiger partial charge in [0.25, 0.3) is 5.56 Å². The molecule has 0 unspecified atom stereocenters. The van der Waals surface area contributed by atoms with Gasteiger partial charge in [0.15, 0.2) is 0 Å². The highest BCUT2D eigenvalue weighted by Crippen LogP contribution is 2.08. The van der Waals surface area contributed by atoms with Crippen molar-refractivity contribution in [1.29, 1.82) is 0 Å². The van der Waals surface area contributed by atoms with E-state index in [0.717, 1.165) is 5.69 Å². The zero-order chi connectivity index (χ0) is 11.0. The lowest BCUT2D eigenvalue weighted by Gasteiger charge is -2.00. The number of aromatic nitrogens is 2. The van der Waals surface area contributed by atoms with E-state index in [9.17, 15) is 9.18 Å². The molecular weight excluding hydrogens is 195 g/mol. The van der Waals surface area contributed by atoms with Crippen LogP contribution in [0.3, 0.4) is 0 Å². The second kappa shape index (κ2) is 3.38. The van der Waals surface area contributed by atoms with Crippen molar-refractivity contribution < 1.29 is 4.39 Å². The van der Waals surface area contributed by atoms with Crippen molar-refractivity contribution in [3.05, 3.63) is 51.7 Å². The van der Waals surface area contributed by atoms with Gasteiger partial charge in [-0.25, -0.2) is 9.07 Å². The monoisotopic (exact) mass is 206 g/mol. The zero-order valence-electron chi connectivity index (χ0n) is 8.54. The molecule has 1 heterocycles.